The molecule has 10 nitrogen and oxygen atoms in total. The Bertz CT molecular complexity index is 1330. The topological polar surface area (TPSA) is 129 Å². The molecule has 1 atom stereocenters. The fraction of sp³-hybridized carbons (Fsp3) is 0.160. The maximum absolute atomic E-state index is 13.4. The van der Waals surface area contributed by atoms with Crippen molar-refractivity contribution in [3.8, 4) is 5.75 Å². The maximum Gasteiger partial charge on any atom is 0.332 e. The molecule has 1 aliphatic heterocycles. The van der Waals surface area contributed by atoms with Crippen LogP contribution < -0.4 is 20.8 Å². The van der Waals surface area contributed by atoms with Gasteiger partial charge in [-0.05, 0) is 29.8 Å². The fourth-order valence-electron chi connectivity index (χ4n) is 3.62. The number of nitrogens with zero attached hydrogens (tertiary/aromatic N) is 2. The van der Waals surface area contributed by atoms with Gasteiger partial charge in [-0.1, -0.05) is 59.0 Å². The number of esters is 1. The number of anilines is 1. The Morgan fingerprint density at radius 2 is 1.78 bits per heavy atom. The second kappa shape index (κ2) is 11.5. The number of guanidine groups is 1. The van der Waals surface area contributed by atoms with Crippen LogP contribution in [-0.2, 0) is 26.0 Å². The molecule has 0 saturated carbocycles. The predicted octanol–water partition coefficient (Wildman–Crippen LogP) is 1.93. The summed E-state index contributed by atoms with van der Waals surface area (Å²) in [6.45, 7) is 1.39. The van der Waals surface area contributed by atoms with Gasteiger partial charge in [0.1, 0.15) is 11.8 Å². The highest BCUT2D eigenvalue weighted by Crippen LogP contribution is 2.22. The lowest BCUT2D eigenvalue weighted by molar-refractivity contribution is -0.139. The van der Waals surface area contributed by atoms with E-state index in [1.54, 1.807) is 72.8 Å². The second-order valence-electron chi connectivity index (χ2n) is 7.80. The fourth-order valence-corrected chi connectivity index (χ4v) is 5.03. The van der Waals surface area contributed by atoms with Crippen LogP contribution in [0.5, 0.6) is 5.75 Å². The Morgan fingerprint density at radius 1 is 1.06 bits per heavy atom. The zero-order chi connectivity index (χ0) is 25.4. The Labute approximate surface area is 209 Å². The molecule has 1 amide bonds. The molecule has 1 aliphatic rings. The summed E-state index contributed by atoms with van der Waals surface area (Å²) in [6.07, 6.45) is 0.177. The molecule has 0 radical (unpaired) electrons. The van der Waals surface area contributed by atoms with E-state index in [2.05, 4.69) is 21.1 Å². The van der Waals surface area contributed by atoms with Crippen molar-refractivity contribution in [2.24, 2.45) is 4.99 Å². The first-order chi connectivity index (χ1) is 17.5. The summed E-state index contributed by atoms with van der Waals surface area (Å²) in [4.78, 5) is 29.1. The van der Waals surface area contributed by atoms with Crippen LogP contribution in [0, 0.1) is 0 Å². The molecule has 0 bridgehead atoms. The van der Waals surface area contributed by atoms with Crippen LogP contribution in [0.25, 0.3) is 0 Å². The highest BCUT2D eigenvalue weighted by atomic mass is 32.2. The molecule has 0 saturated heterocycles. The minimum atomic E-state index is -4.29. The van der Waals surface area contributed by atoms with Crippen LogP contribution in [-0.4, -0.2) is 50.3 Å². The third-order valence-corrected chi connectivity index (χ3v) is 7.04. The highest BCUT2D eigenvalue weighted by molar-refractivity contribution is 7.89. The minimum absolute atomic E-state index is 0.0365. The van der Waals surface area contributed by atoms with Gasteiger partial charge in [0.15, 0.2) is 5.96 Å². The summed E-state index contributed by atoms with van der Waals surface area (Å²) in [7, 11) is -4.29. The van der Waals surface area contributed by atoms with Gasteiger partial charge in [-0.25, -0.2) is 13.2 Å². The van der Waals surface area contributed by atoms with Crippen LogP contribution in [0.2, 0.25) is 0 Å². The maximum atomic E-state index is 13.4. The van der Waals surface area contributed by atoms with E-state index < -0.39 is 22.0 Å². The van der Waals surface area contributed by atoms with Gasteiger partial charge in [0.25, 0.3) is 10.0 Å². The van der Waals surface area contributed by atoms with Crippen molar-refractivity contribution >= 4 is 34.0 Å². The minimum Gasteiger partial charge on any atom is -0.425 e. The number of ether oxygens (including phenoxy) is 1. The molecule has 1 heterocycles. The molecule has 3 aromatic rings. The smallest absolute Gasteiger partial charge is 0.332 e. The Balaban J connectivity index is 1.64. The molecule has 0 aliphatic carbocycles. The largest absolute Gasteiger partial charge is 0.425 e. The number of benzene rings is 3. The number of carbonyl (C=O) groups is 2. The van der Waals surface area contributed by atoms with Gasteiger partial charge in [-0.3, -0.25) is 15.2 Å². The van der Waals surface area contributed by atoms with E-state index in [9.17, 15) is 18.0 Å². The van der Waals surface area contributed by atoms with Gasteiger partial charge < -0.3 is 15.4 Å². The summed E-state index contributed by atoms with van der Waals surface area (Å²) in [5, 5.41) is 6.18. The van der Waals surface area contributed by atoms with E-state index in [1.807, 2.05) is 0 Å². The van der Waals surface area contributed by atoms with E-state index in [-0.39, 0.29) is 23.5 Å². The van der Waals surface area contributed by atoms with Crippen LogP contribution >= 0.6 is 0 Å². The number of rotatable bonds is 10. The van der Waals surface area contributed by atoms with Crippen LogP contribution in [0.4, 0.5) is 5.69 Å². The Morgan fingerprint density at radius 3 is 2.44 bits per heavy atom. The summed E-state index contributed by atoms with van der Waals surface area (Å²) in [5.41, 5.74) is 3.51. The van der Waals surface area contributed by atoms with E-state index in [0.29, 0.717) is 28.2 Å². The number of aliphatic imine (C=N–C) groups is 1. The van der Waals surface area contributed by atoms with E-state index >= 15 is 0 Å². The summed E-state index contributed by atoms with van der Waals surface area (Å²) in [6, 6.07) is 21.7. The first-order valence-electron chi connectivity index (χ1n) is 11.2. The first kappa shape index (κ1) is 24.9. The second-order valence-corrected chi connectivity index (χ2v) is 9.61. The van der Waals surface area contributed by atoms with Gasteiger partial charge in [-0.15, -0.1) is 0 Å². The van der Waals surface area contributed by atoms with Crippen LogP contribution in [0.15, 0.2) is 94.8 Å². The first-order valence-corrected chi connectivity index (χ1v) is 12.6. The molecule has 0 unspecified atom stereocenters. The lowest BCUT2D eigenvalue weighted by atomic mass is 10.1. The Hall–Kier alpha value is -4.22. The van der Waals surface area contributed by atoms with Crippen molar-refractivity contribution in [3.05, 3.63) is 90.5 Å². The molecule has 3 N–H and O–H groups in total. The number of sulfonamides is 1. The number of amides is 1. The van der Waals surface area contributed by atoms with Gasteiger partial charge >= 0.3 is 5.97 Å². The van der Waals surface area contributed by atoms with E-state index in [0.717, 1.165) is 6.54 Å². The summed E-state index contributed by atoms with van der Waals surface area (Å²) >= 11 is 0. The molecular weight excluding hydrogens is 482 g/mol. The quantitative estimate of drug-likeness (QED) is 0.166. The Kier molecular flexibility index (Phi) is 7.93. The number of hydrazine groups is 1. The molecule has 36 heavy (non-hydrogen) atoms. The molecule has 0 fully saturated rings. The number of hydrogen-bond acceptors (Lipinski definition) is 8. The van der Waals surface area contributed by atoms with Crippen molar-refractivity contribution in [1.29, 1.82) is 0 Å². The molecule has 11 heteroatoms. The average Bonchev–Trinajstić information content (AvgIpc) is 3.40. The van der Waals surface area contributed by atoms with Crippen molar-refractivity contribution < 1.29 is 22.7 Å². The van der Waals surface area contributed by atoms with Crippen molar-refractivity contribution in [3.63, 3.8) is 0 Å². The predicted molar refractivity (Wildman–Crippen MR) is 135 cm³/mol. The zero-order valence-electron chi connectivity index (χ0n) is 19.2. The summed E-state index contributed by atoms with van der Waals surface area (Å²) in [5.74, 6) is -0.0539. The van der Waals surface area contributed by atoms with Crippen LogP contribution in [0.1, 0.15) is 5.56 Å². The van der Waals surface area contributed by atoms with E-state index in [1.165, 1.54) is 12.1 Å². The van der Waals surface area contributed by atoms with Crippen molar-refractivity contribution in [1.82, 2.24) is 15.2 Å². The normalized spacial score (nSPS) is 13.9. The molecule has 186 valence electrons. The monoisotopic (exact) mass is 507 g/mol. The number of hydrogen-bond donors (Lipinski definition) is 3. The van der Waals surface area contributed by atoms with Gasteiger partial charge in [-0.2, -0.15) is 0 Å². The number of carbonyl (C=O) groups excluding carboxylic acids is 2. The molecular formula is C25H25N5O5S. The third kappa shape index (κ3) is 6.06. The number of nitrogens with one attached hydrogen (secondary N) is 3. The highest BCUT2D eigenvalue weighted by Gasteiger charge is 2.37. The molecule has 0 spiro atoms. The molecule has 0 aromatic heterocycles. The lowest BCUT2D eigenvalue weighted by Crippen LogP contribution is -2.54. The third-order valence-electron chi connectivity index (χ3n) is 5.30. The van der Waals surface area contributed by atoms with Gasteiger partial charge in [0, 0.05) is 24.7 Å². The standard InChI is InChI=1S/C25H25N5O5S/c31-18-28-30(36(33,34)22-12-5-2-6-13-22)23(16-19-8-3-1-4-9-19)24(32)35-21-11-7-10-20(17-21)29-25-26-14-15-27-25/h1-13,17-18,23H,14-16H2,(H,28,31)(H2,26,27,29)/t23-/m0/s1. The molecule has 4 rings (SSSR count). The summed E-state index contributed by atoms with van der Waals surface area (Å²) < 4.78 is 33.1. The lowest BCUT2D eigenvalue weighted by Gasteiger charge is -2.28. The van der Waals surface area contributed by atoms with E-state index in [4.69, 9.17) is 4.74 Å². The average molecular weight is 508 g/mol. The SMILES string of the molecule is O=CNN([C@@H](Cc1ccccc1)C(=O)Oc1cccc(NC2=NCCN2)c1)S(=O)(=O)c1ccccc1. The van der Waals surface area contributed by atoms with Gasteiger partial charge in [0.2, 0.25) is 6.41 Å². The van der Waals surface area contributed by atoms with Gasteiger partial charge in [0.05, 0.1) is 11.4 Å². The molecule has 3 aromatic carbocycles. The van der Waals surface area contributed by atoms with Crippen molar-refractivity contribution in [2.45, 2.75) is 17.4 Å². The van der Waals surface area contributed by atoms with Crippen LogP contribution in [0.3, 0.4) is 0 Å². The van der Waals surface area contributed by atoms with Crippen molar-refractivity contribution in [2.75, 3.05) is 18.4 Å². The zero-order valence-corrected chi connectivity index (χ0v) is 20.0.